The Morgan fingerprint density at radius 1 is 1.07 bits per heavy atom. The van der Waals surface area contributed by atoms with Crippen LogP contribution in [-0.2, 0) is 26.0 Å². The van der Waals surface area contributed by atoms with Crippen LogP contribution >= 0.6 is 15.9 Å². The lowest BCUT2D eigenvalue weighted by Gasteiger charge is -2.17. The van der Waals surface area contributed by atoms with Gasteiger partial charge in [-0.3, -0.25) is 9.59 Å². The van der Waals surface area contributed by atoms with Crippen LogP contribution in [0.2, 0.25) is 0 Å². The van der Waals surface area contributed by atoms with E-state index >= 15 is 0 Å². The van der Waals surface area contributed by atoms with Crippen LogP contribution < -0.4 is 10.3 Å². The molecule has 3 rings (SSSR count). The lowest BCUT2D eigenvalue weighted by atomic mass is 10.1. The van der Waals surface area contributed by atoms with Crippen molar-refractivity contribution in [1.82, 2.24) is 4.57 Å². The van der Waals surface area contributed by atoms with Gasteiger partial charge in [0.25, 0.3) is 5.56 Å². The van der Waals surface area contributed by atoms with Gasteiger partial charge >= 0.3 is 0 Å². The van der Waals surface area contributed by atoms with Crippen LogP contribution in [0.3, 0.4) is 0 Å². The Labute approximate surface area is 179 Å². The molecule has 0 saturated heterocycles. The maximum Gasteiger partial charge on any atom is 0.253 e. The highest BCUT2D eigenvalue weighted by Gasteiger charge is 2.13. The smallest absolute Gasteiger partial charge is 0.253 e. The van der Waals surface area contributed by atoms with Crippen LogP contribution in [0.15, 0.2) is 63.9 Å². The molecule has 150 valence electrons. The molecule has 1 aromatic heterocycles. The average molecular weight is 454 g/mol. The molecule has 0 unspecified atom stereocenters. The van der Waals surface area contributed by atoms with Crippen LogP contribution in [0.5, 0.6) is 5.75 Å². The van der Waals surface area contributed by atoms with E-state index in [4.69, 9.17) is 4.74 Å². The number of aldehydes is 1. The third-order valence-corrected chi connectivity index (χ3v) is 5.64. The molecule has 0 N–H and O–H groups in total. The maximum absolute atomic E-state index is 12.8. The molecular formula is C24H24BrNO3. The summed E-state index contributed by atoms with van der Waals surface area (Å²) in [4.78, 5) is 23.6. The summed E-state index contributed by atoms with van der Waals surface area (Å²) in [6.07, 6.45) is 2.46. The Balaban J connectivity index is 1.83. The molecule has 4 nitrogen and oxygen atoms in total. The second-order valence-electron chi connectivity index (χ2n) is 6.98. The fourth-order valence-electron chi connectivity index (χ4n) is 3.19. The number of rotatable bonds is 8. The molecular weight excluding hydrogens is 430 g/mol. The molecule has 3 aromatic rings. The summed E-state index contributed by atoms with van der Waals surface area (Å²) in [5, 5.41) is 0. The van der Waals surface area contributed by atoms with Crippen LogP contribution in [0, 0.1) is 6.92 Å². The van der Waals surface area contributed by atoms with Crippen molar-refractivity contribution in [2.45, 2.75) is 39.8 Å². The van der Waals surface area contributed by atoms with Gasteiger partial charge in [0.1, 0.15) is 18.6 Å². The topological polar surface area (TPSA) is 48.3 Å². The number of aromatic nitrogens is 1. The molecule has 0 radical (unpaired) electrons. The van der Waals surface area contributed by atoms with Crippen molar-refractivity contribution < 1.29 is 9.53 Å². The number of carbonyl (C=O) groups is 1. The second kappa shape index (κ2) is 9.70. The largest absolute Gasteiger partial charge is 0.487 e. The van der Waals surface area contributed by atoms with E-state index in [-0.39, 0.29) is 5.56 Å². The highest BCUT2D eigenvalue weighted by molar-refractivity contribution is 9.10. The second-order valence-corrected chi connectivity index (χ2v) is 7.83. The van der Waals surface area contributed by atoms with E-state index in [2.05, 4.69) is 28.9 Å². The predicted molar refractivity (Wildman–Crippen MR) is 119 cm³/mol. The Morgan fingerprint density at radius 3 is 2.52 bits per heavy atom. The van der Waals surface area contributed by atoms with Gasteiger partial charge in [0.15, 0.2) is 0 Å². The van der Waals surface area contributed by atoms with Crippen molar-refractivity contribution in [2.75, 3.05) is 0 Å². The summed E-state index contributed by atoms with van der Waals surface area (Å²) >= 11 is 3.60. The first-order valence-electron chi connectivity index (χ1n) is 9.66. The monoisotopic (exact) mass is 453 g/mol. The van der Waals surface area contributed by atoms with E-state index in [9.17, 15) is 9.59 Å². The Bertz CT molecular complexity index is 1050. The van der Waals surface area contributed by atoms with Gasteiger partial charge in [0, 0.05) is 22.1 Å². The zero-order chi connectivity index (χ0) is 20.8. The summed E-state index contributed by atoms with van der Waals surface area (Å²) in [7, 11) is 0. The quantitative estimate of drug-likeness (QED) is 0.444. The van der Waals surface area contributed by atoms with Gasteiger partial charge < -0.3 is 9.30 Å². The Kier molecular flexibility index (Phi) is 7.04. The zero-order valence-corrected chi connectivity index (χ0v) is 18.2. The summed E-state index contributed by atoms with van der Waals surface area (Å²) in [6.45, 7) is 4.76. The Hall–Kier alpha value is -2.66. The van der Waals surface area contributed by atoms with E-state index in [1.54, 1.807) is 16.7 Å². The van der Waals surface area contributed by atoms with Gasteiger partial charge in [-0.2, -0.15) is 0 Å². The molecule has 0 aliphatic rings. The first-order chi connectivity index (χ1) is 14.0. The molecule has 0 aliphatic carbocycles. The minimum absolute atomic E-state index is 0.0152. The van der Waals surface area contributed by atoms with Gasteiger partial charge in [-0.15, -0.1) is 0 Å². The third-order valence-electron chi connectivity index (χ3n) is 4.95. The zero-order valence-electron chi connectivity index (χ0n) is 16.7. The molecule has 2 aromatic carbocycles. The highest BCUT2D eigenvalue weighted by Crippen LogP contribution is 2.21. The van der Waals surface area contributed by atoms with Crippen molar-refractivity contribution in [3.8, 4) is 5.75 Å². The van der Waals surface area contributed by atoms with Gasteiger partial charge in [0.2, 0.25) is 0 Å². The SMILES string of the molecule is CCc1cccc(OCc2c(Br)cc(C)c(=O)n2CCc2ccc(C=O)cc2)c1. The van der Waals surface area contributed by atoms with Crippen molar-refractivity contribution in [2.24, 2.45) is 0 Å². The van der Waals surface area contributed by atoms with Gasteiger partial charge in [-0.25, -0.2) is 0 Å². The van der Waals surface area contributed by atoms with Crippen LogP contribution in [0.1, 0.15) is 39.7 Å². The molecule has 0 amide bonds. The van der Waals surface area contributed by atoms with Crippen molar-refractivity contribution in [3.05, 3.63) is 97.4 Å². The number of pyridine rings is 1. The number of halogens is 1. The van der Waals surface area contributed by atoms with Gasteiger partial charge in [-0.05, 0) is 65.0 Å². The summed E-state index contributed by atoms with van der Waals surface area (Å²) in [5.74, 6) is 0.792. The number of nitrogens with zero attached hydrogens (tertiary/aromatic N) is 1. The third kappa shape index (κ3) is 5.24. The average Bonchev–Trinajstić information content (AvgIpc) is 2.75. The van der Waals surface area contributed by atoms with Gasteiger partial charge in [0.05, 0.1) is 5.69 Å². The highest BCUT2D eigenvalue weighted by atomic mass is 79.9. The molecule has 0 fully saturated rings. The lowest BCUT2D eigenvalue weighted by Crippen LogP contribution is -2.27. The molecule has 0 aliphatic heterocycles. The number of hydrogen-bond acceptors (Lipinski definition) is 3. The fourth-order valence-corrected chi connectivity index (χ4v) is 3.87. The molecule has 1 heterocycles. The van der Waals surface area contributed by atoms with Crippen molar-refractivity contribution in [3.63, 3.8) is 0 Å². The maximum atomic E-state index is 12.8. The molecule has 5 heteroatoms. The number of carbonyl (C=O) groups excluding carboxylic acids is 1. The van der Waals surface area contributed by atoms with E-state index < -0.39 is 0 Å². The first kappa shape index (κ1) is 21.1. The molecule has 0 spiro atoms. The minimum atomic E-state index is -0.0152. The van der Waals surface area contributed by atoms with Gasteiger partial charge in [-0.1, -0.05) is 43.3 Å². The Morgan fingerprint density at radius 2 is 1.83 bits per heavy atom. The normalized spacial score (nSPS) is 10.7. The predicted octanol–water partition coefficient (Wildman–Crippen LogP) is 5.12. The van der Waals surface area contributed by atoms with Crippen LogP contribution in [0.25, 0.3) is 0 Å². The van der Waals surface area contributed by atoms with Crippen LogP contribution in [-0.4, -0.2) is 10.9 Å². The van der Waals surface area contributed by atoms with E-state index in [0.29, 0.717) is 30.7 Å². The molecule has 0 saturated carbocycles. The molecule has 29 heavy (non-hydrogen) atoms. The number of aryl methyl sites for hydroxylation is 3. The van der Waals surface area contributed by atoms with E-state index in [1.165, 1.54) is 5.56 Å². The minimum Gasteiger partial charge on any atom is -0.487 e. The van der Waals surface area contributed by atoms with Crippen molar-refractivity contribution >= 4 is 22.2 Å². The van der Waals surface area contributed by atoms with E-state index in [1.807, 2.05) is 43.3 Å². The van der Waals surface area contributed by atoms with Crippen molar-refractivity contribution in [1.29, 1.82) is 0 Å². The number of benzene rings is 2. The standard InChI is InChI=1S/C24H24BrNO3/c1-3-18-5-4-6-21(14-18)29-16-23-22(25)13-17(2)24(28)26(23)12-11-19-7-9-20(15-27)10-8-19/h4-10,13-15H,3,11-12,16H2,1-2H3. The number of hydrogen-bond donors (Lipinski definition) is 0. The summed E-state index contributed by atoms with van der Waals surface area (Å²) in [5.41, 5.74) is 4.41. The molecule has 0 atom stereocenters. The van der Waals surface area contributed by atoms with Crippen LogP contribution in [0.4, 0.5) is 0 Å². The fraction of sp³-hybridized carbons (Fsp3) is 0.250. The lowest BCUT2D eigenvalue weighted by molar-refractivity contribution is 0.112. The number of ether oxygens (including phenoxy) is 1. The first-order valence-corrected chi connectivity index (χ1v) is 10.5. The molecule has 0 bridgehead atoms. The summed E-state index contributed by atoms with van der Waals surface area (Å²) in [6, 6.07) is 17.3. The summed E-state index contributed by atoms with van der Waals surface area (Å²) < 4.78 is 8.64. The van der Waals surface area contributed by atoms with E-state index in [0.717, 1.165) is 34.2 Å².